The number of carbonyl (C=O) groups excluding carboxylic acids is 1. The molecule has 4 aromatic rings. The normalized spacial score (nSPS) is 10.6. The number of anilines is 1. The molecule has 0 radical (unpaired) electrons. The van der Waals surface area contributed by atoms with Crippen LogP contribution in [0.1, 0.15) is 10.6 Å². The van der Waals surface area contributed by atoms with E-state index in [2.05, 4.69) is 15.5 Å². The molecule has 0 aliphatic heterocycles. The number of benzene rings is 2. The average Bonchev–Trinajstić information content (AvgIpc) is 3.40. The van der Waals surface area contributed by atoms with Gasteiger partial charge < -0.3 is 19.0 Å². The Balaban J connectivity index is 1.67. The van der Waals surface area contributed by atoms with E-state index in [0.29, 0.717) is 28.4 Å². The van der Waals surface area contributed by atoms with E-state index < -0.39 is 0 Å². The summed E-state index contributed by atoms with van der Waals surface area (Å²) in [4.78, 5) is 16.7. The number of methoxy groups -OCH3 is 1. The number of nitrogens with one attached hydrogen (secondary N) is 1. The molecule has 1 N–H and O–H groups in total. The molecule has 2 aromatic heterocycles. The topological polar surface area (TPSA) is 90.4 Å². The van der Waals surface area contributed by atoms with E-state index in [4.69, 9.17) is 13.7 Å². The highest BCUT2D eigenvalue weighted by atomic mass is 16.5. The predicted molar refractivity (Wildman–Crippen MR) is 98.4 cm³/mol. The van der Waals surface area contributed by atoms with Gasteiger partial charge in [-0.15, -0.1) is 0 Å². The highest BCUT2D eigenvalue weighted by Gasteiger charge is 2.18. The second-order valence-corrected chi connectivity index (χ2v) is 5.60. The fraction of sp³-hybridized carbons (Fsp3) is 0.0500. The zero-order valence-electron chi connectivity index (χ0n) is 14.4. The summed E-state index contributed by atoms with van der Waals surface area (Å²) in [5.41, 5.74) is 1.85. The van der Waals surface area contributed by atoms with Crippen LogP contribution in [-0.2, 0) is 0 Å². The van der Waals surface area contributed by atoms with Crippen molar-refractivity contribution in [2.24, 2.45) is 0 Å². The standard InChI is InChI=1S/C20H15N3O4/c1-25-16-10-5-3-8-14(16)18-22-20(27-23-18)13-7-2-4-9-15(13)21-19(24)17-11-6-12-26-17/h2-12H,1H3,(H,21,24). The zero-order valence-corrected chi connectivity index (χ0v) is 14.4. The maximum absolute atomic E-state index is 12.3. The Morgan fingerprint density at radius 3 is 2.56 bits per heavy atom. The average molecular weight is 361 g/mol. The summed E-state index contributed by atoms with van der Waals surface area (Å²) in [6, 6.07) is 17.8. The molecule has 0 saturated carbocycles. The lowest BCUT2D eigenvalue weighted by Crippen LogP contribution is -2.11. The van der Waals surface area contributed by atoms with Gasteiger partial charge in [0.15, 0.2) is 5.76 Å². The minimum atomic E-state index is -0.364. The van der Waals surface area contributed by atoms with E-state index in [1.54, 1.807) is 37.4 Å². The first kappa shape index (κ1) is 16.6. The van der Waals surface area contributed by atoms with Gasteiger partial charge in [0.05, 0.1) is 30.2 Å². The zero-order chi connectivity index (χ0) is 18.6. The van der Waals surface area contributed by atoms with Crippen LogP contribution in [0, 0.1) is 0 Å². The molecule has 0 spiro atoms. The minimum Gasteiger partial charge on any atom is -0.496 e. The van der Waals surface area contributed by atoms with E-state index >= 15 is 0 Å². The molecule has 0 bridgehead atoms. The number of amides is 1. The summed E-state index contributed by atoms with van der Waals surface area (Å²) in [5, 5.41) is 6.84. The third-order valence-corrected chi connectivity index (χ3v) is 3.92. The minimum absolute atomic E-state index is 0.213. The number of hydrogen-bond donors (Lipinski definition) is 1. The molecule has 0 unspecified atom stereocenters. The van der Waals surface area contributed by atoms with E-state index in [9.17, 15) is 4.79 Å². The molecular formula is C20H15N3O4. The van der Waals surface area contributed by atoms with Crippen LogP contribution >= 0.6 is 0 Å². The van der Waals surface area contributed by atoms with Crippen LogP contribution in [0.15, 0.2) is 75.9 Å². The van der Waals surface area contributed by atoms with Crippen molar-refractivity contribution in [2.45, 2.75) is 0 Å². The van der Waals surface area contributed by atoms with Gasteiger partial charge in [-0.3, -0.25) is 4.79 Å². The molecule has 4 rings (SSSR count). The van der Waals surface area contributed by atoms with Crippen LogP contribution in [0.3, 0.4) is 0 Å². The second-order valence-electron chi connectivity index (χ2n) is 5.60. The number of rotatable bonds is 5. The molecule has 7 heteroatoms. The number of furan rings is 1. The summed E-state index contributed by atoms with van der Waals surface area (Å²) in [7, 11) is 1.58. The van der Waals surface area contributed by atoms with Crippen LogP contribution in [0.4, 0.5) is 5.69 Å². The van der Waals surface area contributed by atoms with Crippen LogP contribution in [0.5, 0.6) is 5.75 Å². The Hall–Kier alpha value is -3.87. The first-order valence-electron chi connectivity index (χ1n) is 8.17. The lowest BCUT2D eigenvalue weighted by atomic mass is 10.1. The van der Waals surface area contributed by atoms with Gasteiger partial charge in [0, 0.05) is 0 Å². The highest BCUT2D eigenvalue weighted by Crippen LogP contribution is 2.32. The number of aromatic nitrogens is 2. The Labute approximate surface area is 154 Å². The Kier molecular flexibility index (Phi) is 4.40. The van der Waals surface area contributed by atoms with Crippen LogP contribution in [-0.4, -0.2) is 23.2 Å². The number of hydrogen-bond acceptors (Lipinski definition) is 6. The first-order valence-corrected chi connectivity index (χ1v) is 8.17. The molecule has 0 aliphatic carbocycles. The molecule has 0 fully saturated rings. The van der Waals surface area contributed by atoms with Gasteiger partial charge in [-0.25, -0.2) is 0 Å². The Bertz CT molecular complexity index is 1070. The molecule has 0 saturated heterocycles. The molecule has 2 aromatic carbocycles. The monoisotopic (exact) mass is 361 g/mol. The number of para-hydroxylation sites is 2. The number of carbonyl (C=O) groups is 1. The Morgan fingerprint density at radius 1 is 1.00 bits per heavy atom. The molecule has 0 aliphatic rings. The molecule has 134 valence electrons. The highest BCUT2D eigenvalue weighted by molar-refractivity contribution is 6.04. The largest absolute Gasteiger partial charge is 0.496 e. The maximum atomic E-state index is 12.3. The maximum Gasteiger partial charge on any atom is 0.291 e. The van der Waals surface area contributed by atoms with Gasteiger partial charge in [0.1, 0.15) is 5.75 Å². The van der Waals surface area contributed by atoms with Crippen molar-refractivity contribution in [3.05, 3.63) is 72.7 Å². The third kappa shape index (κ3) is 3.30. The quantitative estimate of drug-likeness (QED) is 0.571. The molecule has 27 heavy (non-hydrogen) atoms. The van der Waals surface area contributed by atoms with Crippen LogP contribution < -0.4 is 10.1 Å². The smallest absolute Gasteiger partial charge is 0.291 e. The number of ether oxygens (including phenoxy) is 1. The summed E-state index contributed by atoms with van der Waals surface area (Å²) in [6.45, 7) is 0. The Morgan fingerprint density at radius 2 is 1.78 bits per heavy atom. The van der Waals surface area contributed by atoms with Crippen molar-refractivity contribution in [2.75, 3.05) is 12.4 Å². The molecular weight excluding hydrogens is 346 g/mol. The van der Waals surface area contributed by atoms with Gasteiger partial charge in [-0.1, -0.05) is 29.4 Å². The lowest BCUT2D eigenvalue weighted by molar-refractivity contribution is 0.0996. The molecule has 1 amide bonds. The second kappa shape index (κ2) is 7.17. The summed E-state index contributed by atoms with van der Waals surface area (Å²) >= 11 is 0. The van der Waals surface area contributed by atoms with Gasteiger partial charge in [-0.05, 0) is 36.4 Å². The van der Waals surface area contributed by atoms with Crippen molar-refractivity contribution in [3.8, 4) is 28.6 Å². The third-order valence-electron chi connectivity index (χ3n) is 3.92. The van der Waals surface area contributed by atoms with E-state index in [1.165, 1.54) is 6.26 Å². The van der Waals surface area contributed by atoms with Gasteiger partial charge in [0.2, 0.25) is 5.82 Å². The summed E-state index contributed by atoms with van der Waals surface area (Å²) in [5.74, 6) is 1.17. The molecule has 7 nitrogen and oxygen atoms in total. The fourth-order valence-corrected chi connectivity index (χ4v) is 2.64. The van der Waals surface area contributed by atoms with Crippen molar-refractivity contribution in [3.63, 3.8) is 0 Å². The first-order chi connectivity index (χ1) is 13.3. The predicted octanol–water partition coefficient (Wildman–Crippen LogP) is 4.26. The lowest BCUT2D eigenvalue weighted by Gasteiger charge is -2.07. The van der Waals surface area contributed by atoms with E-state index in [-0.39, 0.29) is 17.6 Å². The van der Waals surface area contributed by atoms with Crippen molar-refractivity contribution in [1.82, 2.24) is 10.1 Å². The molecule has 2 heterocycles. The molecule has 0 atom stereocenters. The van der Waals surface area contributed by atoms with Crippen molar-refractivity contribution in [1.29, 1.82) is 0 Å². The van der Waals surface area contributed by atoms with Gasteiger partial charge in [-0.2, -0.15) is 4.98 Å². The van der Waals surface area contributed by atoms with Crippen LogP contribution in [0.2, 0.25) is 0 Å². The van der Waals surface area contributed by atoms with E-state index in [0.717, 1.165) is 0 Å². The fourth-order valence-electron chi connectivity index (χ4n) is 2.64. The van der Waals surface area contributed by atoms with Crippen LogP contribution in [0.25, 0.3) is 22.8 Å². The van der Waals surface area contributed by atoms with E-state index in [1.807, 2.05) is 30.3 Å². The summed E-state index contributed by atoms with van der Waals surface area (Å²) < 4.78 is 15.9. The van der Waals surface area contributed by atoms with Gasteiger partial charge in [0.25, 0.3) is 11.8 Å². The summed E-state index contributed by atoms with van der Waals surface area (Å²) in [6.07, 6.45) is 1.44. The van der Waals surface area contributed by atoms with Gasteiger partial charge >= 0.3 is 0 Å². The number of nitrogens with zero attached hydrogens (tertiary/aromatic N) is 2. The van der Waals surface area contributed by atoms with Crippen molar-refractivity contribution < 1.29 is 18.5 Å². The van der Waals surface area contributed by atoms with Crippen molar-refractivity contribution >= 4 is 11.6 Å². The SMILES string of the molecule is COc1ccccc1-c1noc(-c2ccccc2NC(=O)c2ccco2)n1.